The van der Waals surface area contributed by atoms with Crippen molar-refractivity contribution in [3.8, 4) is 0 Å². The van der Waals surface area contributed by atoms with Crippen LogP contribution in [0.3, 0.4) is 0 Å². The predicted molar refractivity (Wildman–Crippen MR) is 36.3 cm³/mol. The van der Waals surface area contributed by atoms with Gasteiger partial charge in [-0.2, -0.15) is 0 Å². The van der Waals surface area contributed by atoms with Gasteiger partial charge < -0.3 is 9.67 Å². The van der Waals surface area contributed by atoms with Gasteiger partial charge in [0.2, 0.25) is 0 Å². The second-order valence-electron chi connectivity index (χ2n) is 2.22. The Labute approximate surface area is 59.5 Å². The lowest BCUT2D eigenvalue weighted by Gasteiger charge is -2.05. The molecule has 0 spiro atoms. The molecule has 1 aromatic rings. The summed E-state index contributed by atoms with van der Waals surface area (Å²) in [6.45, 7) is 2.53. The highest BCUT2D eigenvalue weighted by atomic mass is 16.3. The average molecular weight is 141 g/mol. The molecule has 4 heteroatoms. The molecule has 1 atom stereocenters. The number of aromatic nitrogens is 3. The van der Waals surface area contributed by atoms with E-state index in [1.54, 1.807) is 17.2 Å². The van der Waals surface area contributed by atoms with Gasteiger partial charge >= 0.3 is 0 Å². The Balaban J connectivity index is 2.40. The molecule has 1 N–H and O–H groups in total. The normalized spacial score (nSPS) is 13.4. The minimum Gasteiger partial charge on any atom is -0.391 e. The molecule has 0 saturated carbocycles. The molecular weight excluding hydrogens is 130 g/mol. The van der Waals surface area contributed by atoms with Crippen LogP contribution in [-0.2, 0) is 6.54 Å². The van der Waals surface area contributed by atoms with Gasteiger partial charge in [-0.3, -0.25) is 0 Å². The third kappa shape index (κ3) is 1.80. The van der Waals surface area contributed by atoms with Crippen molar-refractivity contribution in [3.63, 3.8) is 0 Å². The van der Waals surface area contributed by atoms with Crippen LogP contribution in [0.5, 0.6) is 0 Å². The smallest absolute Gasteiger partial charge is 0.119 e. The van der Waals surface area contributed by atoms with Gasteiger partial charge in [-0.25, -0.2) is 0 Å². The number of hydrogen-bond acceptors (Lipinski definition) is 3. The fourth-order valence-electron chi connectivity index (χ4n) is 0.689. The van der Waals surface area contributed by atoms with Crippen molar-refractivity contribution in [2.24, 2.45) is 0 Å². The maximum atomic E-state index is 9.15. The summed E-state index contributed by atoms with van der Waals surface area (Å²) in [6.07, 6.45) is 3.67. The molecule has 56 valence electrons. The molecule has 1 rings (SSSR count). The van der Waals surface area contributed by atoms with Crippen LogP contribution in [0, 0.1) is 0 Å². The first-order valence-electron chi connectivity index (χ1n) is 3.33. The van der Waals surface area contributed by atoms with Crippen molar-refractivity contribution in [3.05, 3.63) is 12.7 Å². The van der Waals surface area contributed by atoms with Crippen LogP contribution < -0.4 is 0 Å². The maximum Gasteiger partial charge on any atom is 0.119 e. The molecule has 0 radical (unpaired) electrons. The molecule has 4 nitrogen and oxygen atoms in total. The highest BCUT2D eigenvalue weighted by molar-refractivity contribution is 4.63. The summed E-state index contributed by atoms with van der Waals surface area (Å²) in [5.74, 6) is 0. The molecule has 1 heterocycles. The van der Waals surface area contributed by atoms with Gasteiger partial charge in [-0.05, 0) is 6.42 Å². The van der Waals surface area contributed by atoms with Crippen LogP contribution in [0.25, 0.3) is 0 Å². The van der Waals surface area contributed by atoms with Crippen molar-refractivity contribution in [1.82, 2.24) is 14.8 Å². The predicted octanol–water partition coefficient (Wildman–Crippen LogP) is 0.0490. The monoisotopic (exact) mass is 141 g/mol. The molecule has 0 saturated heterocycles. The summed E-state index contributed by atoms with van der Waals surface area (Å²) in [6, 6.07) is 0. The maximum absolute atomic E-state index is 9.15. The van der Waals surface area contributed by atoms with Gasteiger partial charge in [0.1, 0.15) is 12.7 Å². The molecule has 1 unspecified atom stereocenters. The topological polar surface area (TPSA) is 50.9 Å². The van der Waals surface area contributed by atoms with E-state index >= 15 is 0 Å². The largest absolute Gasteiger partial charge is 0.391 e. The van der Waals surface area contributed by atoms with E-state index in [0.29, 0.717) is 6.54 Å². The third-order valence-electron chi connectivity index (χ3n) is 1.36. The number of rotatable bonds is 3. The van der Waals surface area contributed by atoms with Crippen molar-refractivity contribution < 1.29 is 5.11 Å². The van der Waals surface area contributed by atoms with E-state index in [0.717, 1.165) is 6.42 Å². The molecule has 0 aromatic carbocycles. The Hall–Kier alpha value is -0.900. The summed E-state index contributed by atoms with van der Waals surface area (Å²) < 4.78 is 1.76. The second-order valence-corrected chi connectivity index (χ2v) is 2.22. The Kier molecular flexibility index (Phi) is 2.39. The molecular formula is C6H11N3O. The summed E-state index contributed by atoms with van der Waals surface area (Å²) >= 11 is 0. The average Bonchev–Trinajstić information content (AvgIpc) is 2.40. The van der Waals surface area contributed by atoms with Gasteiger partial charge in [0.15, 0.2) is 0 Å². The molecule has 0 fully saturated rings. The second kappa shape index (κ2) is 3.31. The zero-order valence-corrected chi connectivity index (χ0v) is 5.94. The van der Waals surface area contributed by atoms with Crippen molar-refractivity contribution in [2.45, 2.75) is 26.0 Å². The lowest BCUT2D eigenvalue weighted by Crippen LogP contribution is -2.13. The standard InChI is InChI=1S/C6H11N3O/c1-2-6(10)3-9-4-7-8-5-9/h4-6,10H,2-3H2,1H3. The van der Waals surface area contributed by atoms with Crippen LogP contribution in [0.4, 0.5) is 0 Å². The first-order chi connectivity index (χ1) is 4.83. The number of aliphatic hydroxyl groups excluding tert-OH is 1. The molecule has 10 heavy (non-hydrogen) atoms. The minimum atomic E-state index is -0.281. The van der Waals surface area contributed by atoms with E-state index in [4.69, 9.17) is 5.11 Å². The van der Waals surface area contributed by atoms with E-state index < -0.39 is 0 Å². The fourth-order valence-corrected chi connectivity index (χ4v) is 0.689. The lowest BCUT2D eigenvalue weighted by molar-refractivity contribution is 0.150. The van der Waals surface area contributed by atoms with Gasteiger partial charge in [-0.1, -0.05) is 6.92 Å². The van der Waals surface area contributed by atoms with E-state index in [1.165, 1.54) is 0 Å². The Morgan fingerprint density at radius 2 is 2.10 bits per heavy atom. The molecule has 0 bridgehead atoms. The third-order valence-corrected chi connectivity index (χ3v) is 1.36. The van der Waals surface area contributed by atoms with Gasteiger partial charge in [0.05, 0.1) is 12.6 Å². The van der Waals surface area contributed by atoms with Crippen molar-refractivity contribution >= 4 is 0 Å². The van der Waals surface area contributed by atoms with Crippen LogP contribution in [0.15, 0.2) is 12.7 Å². The molecule has 1 aromatic heterocycles. The quantitative estimate of drug-likeness (QED) is 0.647. The van der Waals surface area contributed by atoms with Crippen molar-refractivity contribution in [2.75, 3.05) is 0 Å². The number of nitrogens with zero attached hydrogens (tertiary/aromatic N) is 3. The van der Waals surface area contributed by atoms with Crippen LogP contribution in [0.2, 0.25) is 0 Å². The Bertz CT molecular complexity index is 173. The first kappa shape index (κ1) is 7.21. The van der Waals surface area contributed by atoms with Crippen LogP contribution in [-0.4, -0.2) is 26.0 Å². The molecule has 0 aliphatic heterocycles. The van der Waals surface area contributed by atoms with Gasteiger partial charge in [0.25, 0.3) is 0 Å². The summed E-state index contributed by atoms with van der Waals surface area (Å²) in [7, 11) is 0. The van der Waals surface area contributed by atoms with E-state index in [9.17, 15) is 0 Å². The van der Waals surface area contributed by atoms with Crippen molar-refractivity contribution in [1.29, 1.82) is 0 Å². The molecule has 0 amide bonds. The highest BCUT2D eigenvalue weighted by Gasteiger charge is 1.99. The van der Waals surface area contributed by atoms with Crippen LogP contribution in [0.1, 0.15) is 13.3 Å². The Morgan fingerprint density at radius 1 is 1.50 bits per heavy atom. The van der Waals surface area contributed by atoms with E-state index in [1.807, 2.05) is 6.92 Å². The molecule has 0 aliphatic rings. The minimum absolute atomic E-state index is 0.281. The van der Waals surface area contributed by atoms with Crippen LogP contribution >= 0.6 is 0 Å². The van der Waals surface area contributed by atoms with E-state index in [2.05, 4.69) is 10.2 Å². The fraction of sp³-hybridized carbons (Fsp3) is 0.667. The van der Waals surface area contributed by atoms with Gasteiger partial charge in [0, 0.05) is 0 Å². The number of aliphatic hydroxyl groups is 1. The first-order valence-corrected chi connectivity index (χ1v) is 3.33. The SMILES string of the molecule is CCC(O)Cn1cnnc1. The summed E-state index contributed by atoms with van der Waals surface area (Å²) in [5, 5.41) is 16.4. The lowest BCUT2D eigenvalue weighted by atomic mass is 10.3. The highest BCUT2D eigenvalue weighted by Crippen LogP contribution is 1.93. The number of hydrogen-bond donors (Lipinski definition) is 1. The molecule has 0 aliphatic carbocycles. The zero-order chi connectivity index (χ0) is 7.40. The van der Waals surface area contributed by atoms with E-state index in [-0.39, 0.29) is 6.10 Å². The summed E-state index contributed by atoms with van der Waals surface area (Å²) in [5.41, 5.74) is 0. The Morgan fingerprint density at radius 3 is 2.60 bits per heavy atom. The summed E-state index contributed by atoms with van der Waals surface area (Å²) in [4.78, 5) is 0. The zero-order valence-electron chi connectivity index (χ0n) is 5.94. The van der Waals surface area contributed by atoms with Gasteiger partial charge in [-0.15, -0.1) is 10.2 Å².